The van der Waals surface area contributed by atoms with Crippen LogP contribution in [0.1, 0.15) is 60.7 Å². The van der Waals surface area contributed by atoms with Crippen LogP contribution in [0.5, 0.6) is 0 Å². The molecule has 0 spiro atoms. The summed E-state index contributed by atoms with van der Waals surface area (Å²) in [5, 5.41) is 8.46. The Kier molecular flexibility index (Phi) is 5.84. The summed E-state index contributed by atoms with van der Waals surface area (Å²) in [6.45, 7) is 4.64. The van der Waals surface area contributed by atoms with E-state index >= 15 is 0 Å². The number of alkyl halides is 3. The van der Waals surface area contributed by atoms with Gasteiger partial charge >= 0.3 is 6.18 Å². The normalized spacial score (nSPS) is 25.9. The SMILES string of the molecule is Cc1cc(N2CC3CC[C@@H](C2)[C@@H]3Nc2nc3n(n2)CCCCC3c2ccc(C(F)(F)F)cc2)ncn1. The Morgan fingerprint density at radius 1 is 0.972 bits per heavy atom. The van der Waals surface area contributed by atoms with Crippen LogP contribution in [0, 0.1) is 18.8 Å². The van der Waals surface area contributed by atoms with Gasteiger partial charge in [0.05, 0.1) is 5.56 Å². The number of piperidine rings is 1. The smallest absolute Gasteiger partial charge is 0.356 e. The third-order valence-corrected chi connectivity index (χ3v) is 8.01. The Balaban J connectivity index is 1.20. The molecule has 1 saturated heterocycles. The lowest BCUT2D eigenvalue weighted by Gasteiger charge is -2.38. The van der Waals surface area contributed by atoms with Crippen LogP contribution in [0.3, 0.4) is 0 Å². The monoisotopic (exact) mass is 497 g/mol. The second-order valence-corrected chi connectivity index (χ2v) is 10.4. The molecule has 1 aromatic carbocycles. The maximum absolute atomic E-state index is 13.1. The lowest BCUT2D eigenvalue weighted by atomic mass is 9.92. The summed E-state index contributed by atoms with van der Waals surface area (Å²) in [7, 11) is 0. The Hall–Kier alpha value is -3.17. The first-order valence-electron chi connectivity index (χ1n) is 12.8. The van der Waals surface area contributed by atoms with E-state index in [1.807, 2.05) is 17.7 Å². The molecule has 190 valence electrons. The van der Waals surface area contributed by atoms with Crippen molar-refractivity contribution in [3.63, 3.8) is 0 Å². The quantitative estimate of drug-likeness (QED) is 0.545. The molecule has 0 radical (unpaired) electrons. The molecular weight excluding hydrogens is 467 g/mol. The van der Waals surface area contributed by atoms with Crippen molar-refractivity contribution in [2.75, 3.05) is 23.3 Å². The van der Waals surface area contributed by atoms with E-state index in [1.54, 1.807) is 18.5 Å². The van der Waals surface area contributed by atoms with Crippen LogP contribution in [-0.2, 0) is 12.7 Å². The molecule has 2 aromatic heterocycles. The fourth-order valence-electron chi connectivity index (χ4n) is 6.20. The van der Waals surface area contributed by atoms with Crippen LogP contribution >= 0.6 is 0 Å². The molecule has 4 heterocycles. The minimum absolute atomic E-state index is 0.0580. The van der Waals surface area contributed by atoms with Gasteiger partial charge in [-0.25, -0.2) is 14.6 Å². The van der Waals surface area contributed by atoms with Crippen LogP contribution in [0.15, 0.2) is 36.7 Å². The van der Waals surface area contributed by atoms with Gasteiger partial charge in [-0.3, -0.25) is 0 Å². The van der Waals surface area contributed by atoms with Crippen molar-refractivity contribution in [2.45, 2.75) is 63.7 Å². The molecule has 2 unspecified atom stereocenters. The number of hydrogen-bond donors (Lipinski definition) is 1. The number of aromatic nitrogens is 5. The van der Waals surface area contributed by atoms with Crippen LogP contribution < -0.4 is 10.2 Å². The van der Waals surface area contributed by atoms with E-state index in [1.165, 1.54) is 12.1 Å². The van der Waals surface area contributed by atoms with Crippen molar-refractivity contribution in [3.8, 4) is 0 Å². The fourth-order valence-corrected chi connectivity index (χ4v) is 6.20. The number of hydrogen-bond acceptors (Lipinski definition) is 6. The Morgan fingerprint density at radius 2 is 1.72 bits per heavy atom. The van der Waals surface area contributed by atoms with E-state index in [0.717, 1.165) is 74.6 Å². The van der Waals surface area contributed by atoms with E-state index in [-0.39, 0.29) is 5.92 Å². The predicted octanol–water partition coefficient (Wildman–Crippen LogP) is 5.04. The zero-order chi connectivity index (χ0) is 24.9. The minimum atomic E-state index is -4.33. The third-order valence-electron chi connectivity index (χ3n) is 8.01. The van der Waals surface area contributed by atoms with Gasteiger partial charge in [-0.2, -0.15) is 18.2 Å². The van der Waals surface area contributed by atoms with Crippen molar-refractivity contribution in [1.82, 2.24) is 24.7 Å². The molecule has 0 amide bonds. The topological polar surface area (TPSA) is 71.8 Å². The molecular formula is C26H30F3N7. The molecule has 7 nitrogen and oxygen atoms in total. The predicted molar refractivity (Wildman–Crippen MR) is 130 cm³/mol. The summed E-state index contributed by atoms with van der Waals surface area (Å²) in [5.74, 6) is 3.37. The zero-order valence-corrected chi connectivity index (χ0v) is 20.2. The number of rotatable bonds is 4. The van der Waals surface area contributed by atoms with Gasteiger partial charge in [0.25, 0.3) is 0 Å². The van der Waals surface area contributed by atoms with Gasteiger partial charge in [0.15, 0.2) is 0 Å². The highest BCUT2D eigenvalue weighted by Crippen LogP contribution is 2.40. The number of nitrogens with zero attached hydrogens (tertiary/aromatic N) is 6. The first kappa shape index (κ1) is 23.2. The minimum Gasteiger partial charge on any atom is -0.356 e. The van der Waals surface area contributed by atoms with Crippen LogP contribution in [0.2, 0.25) is 0 Å². The van der Waals surface area contributed by atoms with E-state index in [0.29, 0.717) is 23.8 Å². The highest BCUT2D eigenvalue weighted by molar-refractivity contribution is 5.42. The van der Waals surface area contributed by atoms with Crippen molar-refractivity contribution in [3.05, 3.63) is 59.3 Å². The van der Waals surface area contributed by atoms with Gasteiger partial charge in [0, 0.05) is 43.4 Å². The molecule has 2 fully saturated rings. The number of fused-ring (bicyclic) bond motifs is 3. The highest BCUT2D eigenvalue weighted by atomic mass is 19.4. The first-order valence-corrected chi connectivity index (χ1v) is 12.8. The van der Waals surface area contributed by atoms with Gasteiger partial charge in [-0.05, 0) is 62.1 Å². The highest BCUT2D eigenvalue weighted by Gasteiger charge is 2.43. The molecule has 4 atom stereocenters. The molecule has 36 heavy (non-hydrogen) atoms. The van der Waals surface area contributed by atoms with Crippen LogP contribution in [0.4, 0.5) is 24.9 Å². The summed E-state index contributed by atoms with van der Waals surface area (Å²) in [6, 6.07) is 7.88. The Bertz CT molecular complexity index is 1210. The second-order valence-electron chi connectivity index (χ2n) is 10.4. The fraction of sp³-hybridized carbons (Fsp3) is 0.538. The average molecular weight is 498 g/mol. The van der Waals surface area contributed by atoms with Crippen molar-refractivity contribution < 1.29 is 13.2 Å². The third kappa shape index (κ3) is 4.41. The summed E-state index contributed by atoms with van der Waals surface area (Å²) in [6.07, 6.45) is 2.44. The second kappa shape index (κ2) is 9.05. The molecule has 1 saturated carbocycles. The number of benzene rings is 1. The Labute approximate surface area is 208 Å². The molecule has 2 aliphatic heterocycles. The first-order chi connectivity index (χ1) is 17.3. The lowest BCUT2D eigenvalue weighted by Crippen LogP contribution is -2.48. The standard InChI is InChI=1S/C26H30F3N7/c1-16-12-22(31-15-30-16)35-13-18-5-6-19(14-35)23(18)32-25-33-24-21(4-2-3-11-36(24)34-25)17-7-9-20(10-8-17)26(27,28)29/h7-10,12,15,18-19,21,23H,2-6,11,13-14H2,1H3,(H,32,34)/t18-,19?,21?,23-/m0/s1. The van der Waals surface area contributed by atoms with Gasteiger partial charge in [0.2, 0.25) is 5.95 Å². The Morgan fingerprint density at radius 3 is 2.42 bits per heavy atom. The number of nitrogens with one attached hydrogen (secondary N) is 1. The molecule has 1 N–H and O–H groups in total. The summed E-state index contributed by atoms with van der Waals surface area (Å²) >= 11 is 0. The van der Waals surface area contributed by atoms with Crippen molar-refractivity contribution in [1.29, 1.82) is 0 Å². The lowest BCUT2D eigenvalue weighted by molar-refractivity contribution is -0.137. The molecule has 3 aromatic rings. The van der Waals surface area contributed by atoms with Crippen LogP contribution in [-0.4, -0.2) is 43.9 Å². The molecule has 2 bridgehead atoms. The van der Waals surface area contributed by atoms with Gasteiger partial charge < -0.3 is 10.2 Å². The summed E-state index contributed by atoms with van der Waals surface area (Å²) in [5.41, 5.74) is 1.21. The molecule has 6 rings (SSSR count). The van der Waals surface area contributed by atoms with Gasteiger partial charge in [-0.15, -0.1) is 5.10 Å². The number of halogens is 3. The van der Waals surface area contributed by atoms with E-state index < -0.39 is 11.7 Å². The summed E-state index contributed by atoms with van der Waals surface area (Å²) < 4.78 is 41.1. The molecule has 10 heteroatoms. The van der Waals surface area contributed by atoms with E-state index in [9.17, 15) is 13.2 Å². The van der Waals surface area contributed by atoms with Gasteiger partial charge in [0.1, 0.15) is 18.0 Å². The summed E-state index contributed by atoms with van der Waals surface area (Å²) in [4.78, 5) is 16.0. The number of anilines is 2. The van der Waals surface area contributed by atoms with Crippen molar-refractivity contribution >= 4 is 11.8 Å². The zero-order valence-electron chi connectivity index (χ0n) is 20.2. The van der Waals surface area contributed by atoms with Crippen LogP contribution in [0.25, 0.3) is 0 Å². The van der Waals surface area contributed by atoms with Gasteiger partial charge in [-0.1, -0.05) is 18.6 Å². The average Bonchev–Trinajstić information content (AvgIpc) is 3.25. The van der Waals surface area contributed by atoms with E-state index in [4.69, 9.17) is 10.1 Å². The molecule has 1 aliphatic carbocycles. The maximum atomic E-state index is 13.1. The molecule has 3 aliphatic rings. The number of aryl methyl sites for hydroxylation is 2. The van der Waals surface area contributed by atoms with Crippen molar-refractivity contribution in [2.24, 2.45) is 11.8 Å². The maximum Gasteiger partial charge on any atom is 0.416 e. The van der Waals surface area contributed by atoms with E-state index in [2.05, 4.69) is 20.2 Å². The largest absolute Gasteiger partial charge is 0.416 e.